The fraction of sp³-hybridized carbons (Fsp3) is 0.0667. The average molecular weight is 700 g/mol. The van der Waals surface area contributed by atoms with Gasteiger partial charge in [0.05, 0.1) is 18.3 Å². The molecule has 6 aromatic carbocycles. The maximum Gasteiger partial charge on any atom is 0.265 e. The molecular formula is C45H36N2O4P+. The van der Waals surface area contributed by atoms with Crippen LogP contribution in [0.3, 0.4) is 0 Å². The molecule has 0 aliphatic carbocycles. The maximum atomic E-state index is 13.7. The minimum absolute atomic E-state index is 0.0430. The van der Waals surface area contributed by atoms with Crippen molar-refractivity contribution in [2.24, 2.45) is 0 Å². The maximum absolute atomic E-state index is 13.7. The van der Waals surface area contributed by atoms with E-state index in [2.05, 4.69) is 91.0 Å². The van der Waals surface area contributed by atoms with Crippen LogP contribution in [0, 0.1) is 0 Å². The van der Waals surface area contributed by atoms with Crippen LogP contribution in [-0.4, -0.2) is 38.8 Å². The minimum atomic E-state index is -1.95. The van der Waals surface area contributed by atoms with E-state index in [9.17, 15) is 14.7 Å². The van der Waals surface area contributed by atoms with E-state index in [1.165, 1.54) is 43.2 Å². The van der Waals surface area contributed by atoms with Gasteiger partial charge in [0.25, 0.3) is 11.8 Å². The Morgan fingerprint density at radius 1 is 0.538 bits per heavy atom. The van der Waals surface area contributed by atoms with Crippen LogP contribution in [0.25, 0.3) is 21.5 Å². The zero-order valence-corrected chi connectivity index (χ0v) is 29.3. The van der Waals surface area contributed by atoms with Crippen molar-refractivity contribution in [3.63, 3.8) is 0 Å². The molecule has 52 heavy (non-hydrogen) atoms. The predicted octanol–water partition coefficient (Wildman–Crippen LogP) is 8.44. The van der Waals surface area contributed by atoms with Gasteiger partial charge in [0.15, 0.2) is 0 Å². The van der Waals surface area contributed by atoms with Crippen LogP contribution in [0.2, 0.25) is 0 Å². The van der Waals surface area contributed by atoms with Crippen LogP contribution in [0.4, 0.5) is 0 Å². The number of nitrogens with zero attached hydrogens (tertiary/aromatic N) is 2. The number of phenols is 1. The van der Waals surface area contributed by atoms with Crippen LogP contribution in [0.1, 0.15) is 27.1 Å². The summed E-state index contributed by atoms with van der Waals surface area (Å²) in [6.07, 6.45) is 8.78. The Balaban J connectivity index is 1.00. The molecule has 0 amide bonds. The Kier molecular flexibility index (Phi) is 8.98. The Bertz CT molecular complexity index is 2390. The zero-order chi connectivity index (χ0) is 35.5. The second-order valence-corrected chi connectivity index (χ2v) is 16.5. The molecule has 2 aromatic heterocycles. The Morgan fingerprint density at radius 3 is 1.62 bits per heavy atom. The van der Waals surface area contributed by atoms with Crippen molar-refractivity contribution < 1.29 is 19.4 Å². The van der Waals surface area contributed by atoms with Gasteiger partial charge in [0.2, 0.25) is 0 Å². The number of hydrogen-bond donors (Lipinski definition) is 1. The lowest BCUT2D eigenvalue weighted by Gasteiger charge is -2.27. The SMILES string of the molecule is O=C(c1ccc(O)c(C(=O)n2cc3ccc(OCCC[P+](c4ccccc4)(c4ccccc4)c4ccccc4)cc3c2)c1)n1cc2ccccc2c1. The Hall–Kier alpha value is -6.23. The average Bonchev–Trinajstić information content (AvgIpc) is 3.84. The molecule has 2 heterocycles. The standard InChI is InChI=1S/C45H35N2O4P/c48-43-24-22-33(44(49)46-29-34-13-10-11-14-35(34)30-46)28-42(43)45(50)47-31-36-21-23-38(27-37(36)32-47)51-25-12-26-52(39-15-4-1-5-16-39,40-17-6-2-7-18-40)41-19-8-3-9-20-41/h1-11,13-24,27-32H,12,25-26H2/p+1. The Morgan fingerprint density at radius 2 is 1.04 bits per heavy atom. The summed E-state index contributed by atoms with van der Waals surface area (Å²) in [6, 6.07) is 50.4. The molecule has 0 saturated carbocycles. The highest BCUT2D eigenvalue weighted by atomic mass is 31.2. The molecule has 8 rings (SSSR count). The third kappa shape index (κ3) is 6.30. The van der Waals surface area contributed by atoms with Crippen LogP contribution < -0.4 is 20.7 Å². The quantitative estimate of drug-likeness (QED) is 0.115. The summed E-state index contributed by atoms with van der Waals surface area (Å²) in [5, 5.41) is 18.3. The molecule has 1 N–H and O–H groups in total. The first-order valence-corrected chi connectivity index (χ1v) is 19.3. The first kappa shape index (κ1) is 32.9. The summed E-state index contributed by atoms with van der Waals surface area (Å²) in [4.78, 5) is 27.0. The molecule has 0 fully saturated rings. The summed E-state index contributed by atoms with van der Waals surface area (Å²) in [6.45, 7) is 0.533. The van der Waals surface area contributed by atoms with Crippen molar-refractivity contribution in [2.45, 2.75) is 6.42 Å². The molecule has 6 nitrogen and oxygen atoms in total. The third-order valence-electron chi connectivity index (χ3n) is 9.61. The molecule has 0 spiro atoms. The largest absolute Gasteiger partial charge is 0.507 e. The summed E-state index contributed by atoms with van der Waals surface area (Å²) in [7, 11) is -1.95. The number of rotatable bonds is 10. The normalized spacial score (nSPS) is 11.5. The second-order valence-electron chi connectivity index (χ2n) is 12.8. The third-order valence-corrected chi connectivity index (χ3v) is 14.1. The van der Waals surface area contributed by atoms with Gasteiger partial charge < -0.3 is 9.84 Å². The van der Waals surface area contributed by atoms with E-state index in [4.69, 9.17) is 4.74 Å². The highest BCUT2D eigenvalue weighted by Gasteiger charge is 2.44. The van der Waals surface area contributed by atoms with Crippen LogP contribution in [0.5, 0.6) is 11.5 Å². The number of ether oxygens (including phenoxy) is 1. The van der Waals surface area contributed by atoms with Crippen LogP contribution in [0.15, 0.2) is 176 Å². The second kappa shape index (κ2) is 14.2. The minimum Gasteiger partial charge on any atom is -0.507 e. The van der Waals surface area contributed by atoms with Crippen molar-refractivity contribution in [2.75, 3.05) is 12.8 Å². The van der Waals surface area contributed by atoms with Crippen LogP contribution >= 0.6 is 7.26 Å². The van der Waals surface area contributed by atoms with Gasteiger partial charge >= 0.3 is 0 Å². The van der Waals surface area contributed by atoms with E-state index in [0.717, 1.165) is 39.9 Å². The van der Waals surface area contributed by atoms with Crippen molar-refractivity contribution >= 4 is 56.5 Å². The van der Waals surface area contributed by atoms with Gasteiger partial charge in [-0.25, -0.2) is 0 Å². The lowest BCUT2D eigenvalue weighted by atomic mass is 10.1. The number of carbonyl (C=O) groups is 2. The smallest absolute Gasteiger partial charge is 0.265 e. The monoisotopic (exact) mass is 699 g/mol. The van der Waals surface area contributed by atoms with Crippen molar-refractivity contribution in [3.05, 3.63) is 188 Å². The van der Waals surface area contributed by atoms with Crippen molar-refractivity contribution in [3.8, 4) is 11.5 Å². The molecule has 8 aromatic rings. The van der Waals surface area contributed by atoms with E-state index in [0.29, 0.717) is 12.2 Å². The van der Waals surface area contributed by atoms with Crippen molar-refractivity contribution in [1.29, 1.82) is 0 Å². The molecular weight excluding hydrogens is 663 g/mol. The first-order valence-electron chi connectivity index (χ1n) is 17.3. The fourth-order valence-electron chi connectivity index (χ4n) is 7.03. The number of carbonyl (C=O) groups excluding carboxylic acids is 2. The van der Waals surface area contributed by atoms with Gasteiger partial charge in [-0.3, -0.25) is 18.7 Å². The summed E-state index contributed by atoms with van der Waals surface area (Å²) in [5.41, 5.74) is 0.341. The molecule has 0 bridgehead atoms. The first-order chi connectivity index (χ1) is 25.5. The van der Waals surface area contributed by atoms with E-state index in [1.54, 1.807) is 24.8 Å². The van der Waals surface area contributed by atoms with Gasteiger partial charge in [-0.15, -0.1) is 0 Å². The molecule has 254 valence electrons. The summed E-state index contributed by atoms with van der Waals surface area (Å²) >= 11 is 0. The van der Waals surface area contributed by atoms with Gasteiger partial charge in [-0.1, -0.05) is 78.9 Å². The van der Waals surface area contributed by atoms with Crippen molar-refractivity contribution in [1.82, 2.24) is 9.13 Å². The molecule has 0 atom stereocenters. The predicted molar refractivity (Wildman–Crippen MR) is 212 cm³/mol. The number of benzene rings is 6. The molecule has 0 aliphatic heterocycles. The highest BCUT2D eigenvalue weighted by Crippen LogP contribution is 2.55. The summed E-state index contributed by atoms with van der Waals surface area (Å²) < 4.78 is 9.29. The topological polar surface area (TPSA) is 73.5 Å². The number of aromatic nitrogens is 2. The van der Waals surface area contributed by atoms with Gasteiger partial charge in [0, 0.05) is 47.5 Å². The number of hydrogen-bond acceptors (Lipinski definition) is 4. The number of phenolic OH excluding ortho intramolecular Hbond substituents is 1. The summed E-state index contributed by atoms with van der Waals surface area (Å²) in [5.74, 6) is -0.205. The fourth-order valence-corrected chi connectivity index (χ4v) is 11.3. The molecule has 0 aliphatic rings. The molecule has 0 unspecified atom stereocenters. The lowest BCUT2D eigenvalue weighted by Crippen LogP contribution is -2.33. The van der Waals surface area contributed by atoms with Gasteiger partial charge in [-0.05, 0) is 83.6 Å². The van der Waals surface area contributed by atoms with Gasteiger partial charge in [0.1, 0.15) is 34.7 Å². The molecule has 7 heteroatoms. The van der Waals surface area contributed by atoms with E-state index in [-0.39, 0.29) is 17.2 Å². The van der Waals surface area contributed by atoms with Crippen LogP contribution in [-0.2, 0) is 0 Å². The Labute approximate surface area is 302 Å². The van der Waals surface area contributed by atoms with E-state index in [1.807, 2.05) is 42.5 Å². The van der Waals surface area contributed by atoms with E-state index < -0.39 is 13.2 Å². The zero-order valence-electron chi connectivity index (χ0n) is 28.4. The van der Waals surface area contributed by atoms with E-state index >= 15 is 0 Å². The highest BCUT2D eigenvalue weighted by molar-refractivity contribution is 7.95. The van der Waals surface area contributed by atoms with Gasteiger partial charge in [-0.2, -0.15) is 0 Å². The molecule has 0 saturated heterocycles. The number of aromatic hydroxyl groups is 1. The molecule has 0 radical (unpaired) electrons. The lowest BCUT2D eigenvalue weighted by molar-refractivity contribution is 0.0958. The number of fused-ring (bicyclic) bond motifs is 2.